The van der Waals surface area contributed by atoms with Gasteiger partial charge in [0.15, 0.2) is 11.5 Å². The van der Waals surface area contributed by atoms with Crippen molar-refractivity contribution >= 4 is 38.3 Å². The van der Waals surface area contributed by atoms with E-state index < -0.39 is 31.4 Å². The molecule has 134 valence electrons. The molecule has 0 saturated carbocycles. The summed E-state index contributed by atoms with van der Waals surface area (Å²) in [5.74, 6) is -0.960. The van der Waals surface area contributed by atoms with Crippen molar-refractivity contribution in [2.75, 3.05) is 0 Å². The van der Waals surface area contributed by atoms with Crippen molar-refractivity contribution in [3.8, 4) is 11.5 Å². The molecule has 0 amide bonds. The lowest BCUT2D eigenvalue weighted by molar-refractivity contribution is -0.387. The van der Waals surface area contributed by atoms with Crippen LogP contribution in [0.25, 0.3) is 10.8 Å². The first-order chi connectivity index (χ1) is 12.2. The lowest BCUT2D eigenvalue weighted by Crippen LogP contribution is -1.98. The summed E-state index contributed by atoms with van der Waals surface area (Å²) < 4.78 is 33.8. The van der Waals surface area contributed by atoms with Gasteiger partial charge in [0.1, 0.15) is 10.1 Å². The summed E-state index contributed by atoms with van der Waals surface area (Å²) in [7, 11) is -4.74. The average molecular weight is 392 g/mol. The first-order valence-electron chi connectivity index (χ1n) is 7.04. The van der Waals surface area contributed by atoms with E-state index in [-0.39, 0.29) is 26.3 Å². The number of rotatable bonds is 4. The summed E-state index contributed by atoms with van der Waals surface area (Å²) in [5.41, 5.74) is -0.175. The molecule has 0 aliphatic heterocycles. The highest BCUT2D eigenvalue weighted by atomic mass is 32.2. The molecule has 2 N–H and O–H groups in total. The number of hydrogen-bond donors (Lipinski definition) is 2. The molecule has 26 heavy (non-hydrogen) atoms. The number of nitro groups is 1. The summed E-state index contributed by atoms with van der Waals surface area (Å²) in [6.45, 7) is 0. The summed E-state index contributed by atoms with van der Waals surface area (Å²) in [6, 6.07) is 10.3. The van der Waals surface area contributed by atoms with E-state index in [4.69, 9.17) is 0 Å². The average Bonchev–Trinajstić information content (AvgIpc) is 2.58. The number of phenolic OH excluding ortho intramolecular Hbond substituents is 2. The van der Waals surface area contributed by atoms with Crippen LogP contribution in [0.15, 0.2) is 63.2 Å². The van der Waals surface area contributed by atoms with Gasteiger partial charge in [-0.25, -0.2) is 8.42 Å². The first kappa shape index (κ1) is 18.0. The van der Waals surface area contributed by atoms with Crippen molar-refractivity contribution in [3.05, 3.63) is 58.6 Å². The molecule has 0 heterocycles. The Morgan fingerprint density at radius 2 is 1.65 bits per heavy atom. The lowest BCUT2D eigenvalue weighted by Gasteiger charge is -2.13. The molecule has 0 aromatic heterocycles. The second kappa shape index (κ2) is 6.48. The maximum atomic E-state index is 11.3. The molecule has 0 aliphatic rings. The normalized spacial score (nSPS) is 11.6. The molecular formula is C16H10NO7S2-. The SMILES string of the molecule is O=[N+]([O-])c1ccccc1Sc1cc(O)c(O)c2ccc(S(=O)(=O)[O-])cc12. The van der Waals surface area contributed by atoms with Crippen LogP contribution in [0.4, 0.5) is 5.69 Å². The number of para-hydroxylation sites is 1. The third kappa shape index (κ3) is 3.29. The topological polar surface area (TPSA) is 141 Å². The summed E-state index contributed by atoms with van der Waals surface area (Å²) in [5, 5.41) is 31.3. The van der Waals surface area contributed by atoms with Gasteiger partial charge < -0.3 is 14.8 Å². The zero-order chi connectivity index (χ0) is 19.1. The highest BCUT2D eigenvalue weighted by molar-refractivity contribution is 7.99. The Morgan fingerprint density at radius 3 is 2.31 bits per heavy atom. The summed E-state index contributed by atoms with van der Waals surface area (Å²) in [4.78, 5) is 10.6. The van der Waals surface area contributed by atoms with Crippen LogP contribution in [-0.2, 0) is 10.1 Å². The zero-order valence-electron chi connectivity index (χ0n) is 12.8. The molecular weight excluding hydrogens is 382 g/mol. The van der Waals surface area contributed by atoms with Crippen molar-refractivity contribution in [3.63, 3.8) is 0 Å². The van der Waals surface area contributed by atoms with Gasteiger partial charge in [0, 0.05) is 21.7 Å². The molecule has 3 aromatic carbocycles. The number of nitrogens with zero attached hydrogens (tertiary/aromatic N) is 1. The first-order valence-corrected chi connectivity index (χ1v) is 9.27. The van der Waals surface area contributed by atoms with Gasteiger partial charge >= 0.3 is 0 Å². The molecule has 0 atom stereocenters. The van der Waals surface area contributed by atoms with E-state index in [1.807, 2.05) is 0 Å². The predicted octanol–water partition coefficient (Wildman–Crippen LogP) is 3.21. The Morgan fingerprint density at radius 1 is 0.962 bits per heavy atom. The van der Waals surface area contributed by atoms with Crippen LogP contribution < -0.4 is 0 Å². The number of benzene rings is 3. The van der Waals surface area contributed by atoms with Gasteiger partial charge in [-0.3, -0.25) is 10.1 Å². The van der Waals surface area contributed by atoms with Crippen molar-refractivity contribution in [2.45, 2.75) is 14.7 Å². The number of aromatic hydroxyl groups is 2. The van der Waals surface area contributed by atoms with Crippen LogP contribution in [0.1, 0.15) is 0 Å². The Balaban J connectivity index is 2.26. The van der Waals surface area contributed by atoms with E-state index in [1.54, 1.807) is 6.07 Å². The van der Waals surface area contributed by atoms with Crippen molar-refractivity contribution in [1.82, 2.24) is 0 Å². The molecule has 0 spiro atoms. The van der Waals surface area contributed by atoms with E-state index in [9.17, 15) is 33.3 Å². The fourth-order valence-corrected chi connectivity index (χ4v) is 3.97. The summed E-state index contributed by atoms with van der Waals surface area (Å²) in [6.07, 6.45) is 0. The lowest BCUT2D eigenvalue weighted by atomic mass is 10.1. The number of phenols is 2. The molecule has 10 heteroatoms. The van der Waals surface area contributed by atoms with Crippen LogP contribution >= 0.6 is 11.8 Å². The molecule has 3 rings (SSSR count). The van der Waals surface area contributed by atoms with Crippen LogP contribution in [0.3, 0.4) is 0 Å². The van der Waals surface area contributed by atoms with Gasteiger partial charge in [0.05, 0.1) is 14.7 Å². The minimum atomic E-state index is -4.74. The van der Waals surface area contributed by atoms with Crippen molar-refractivity contribution in [2.24, 2.45) is 0 Å². The quantitative estimate of drug-likeness (QED) is 0.298. The standard InChI is InChI=1S/C16H11NO7S2/c18-13-8-15(25-14-4-2-1-3-12(14)17(20)21)11-7-9(26(22,23)24)5-6-10(11)16(13)19/h1-8,18-19H,(H,22,23,24)/p-1. The smallest absolute Gasteiger partial charge is 0.283 e. The van der Waals surface area contributed by atoms with Gasteiger partial charge in [-0.1, -0.05) is 23.9 Å². The van der Waals surface area contributed by atoms with E-state index >= 15 is 0 Å². The maximum absolute atomic E-state index is 11.3. The molecule has 0 aliphatic carbocycles. The van der Waals surface area contributed by atoms with Crippen molar-refractivity contribution in [1.29, 1.82) is 0 Å². The van der Waals surface area contributed by atoms with Gasteiger partial charge in [-0.15, -0.1) is 0 Å². The third-order valence-electron chi connectivity index (χ3n) is 3.59. The Kier molecular flexibility index (Phi) is 4.48. The van der Waals surface area contributed by atoms with Gasteiger partial charge in [-0.05, 0) is 30.3 Å². The molecule has 0 unspecified atom stereocenters. The second-order valence-corrected chi connectivity index (χ2v) is 7.69. The molecule has 3 aromatic rings. The van der Waals surface area contributed by atoms with Gasteiger partial charge in [0.25, 0.3) is 5.69 Å². The van der Waals surface area contributed by atoms with Crippen LogP contribution in [0.5, 0.6) is 11.5 Å². The Labute approximate surface area is 151 Å². The molecule has 0 fully saturated rings. The second-order valence-electron chi connectivity index (χ2n) is 5.23. The highest BCUT2D eigenvalue weighted by Gasteiger charge is 2.18. The minimum Gasteiger partial charge on any atom is -0.744 e. The monoisotopic (exact) mass is 392 g/mol. The fourth-order valence-electron chi connectivity index (χ4n) is 2.39. The number of fused-ring (bicyclic) bond motifs is 1. The Hall–Kier alpha value is -2.82. The van der Waals surface area contributed by atoms with E-state index in [1.165, 1.54) is 24.3 Å². The van der Waals surface area contributed by atoms with E-state index in [0.29, 0.717) is 0 Å². The molecule has 8 nitrogen and oxygen atoms in total. The largest absolute Gasteiger partial charge is 0.744 e. The Bertz CT molecular complexity index is 1140. The number of nitro benzene ring substituents is 1. The van der Waals surface area contributed by atoms with Crippen LogP contribution in [-0.4, -0.2) is 28.1 Å². The van der Waals surface area contributed by atoms with Gasteiger partial charge in [0.2, 0.25) is 0 Å². The maximum Gasteiger partial charge on any atom is 0.283 e. The van der Waals surface area contributed by atoms with E-state index in [0.717, 1.165) is 30.0 Å². The van der Waals surface area contributed by atoms with Crippen molar-refractivity contribution < 1.29 is 28.1 Å². The third-order valence-corrected chi connectivity index (χ3v) is 5.55. The molecule has 0 radical (unpaired) electrons. The van der Waals surface area contributed by atoms with Crippen LogP contribution in [0, 0.1) is 10.1 Å². The van der Waals surface area contributed by atoms with Gasteiger partial charge in [-0.2, -0.15) is 0 Å². The molecule has 0 bridgehead atoms. The minimum absolute atomic E-state index is 0.110. The molecule has 0 saturated heterocycles. The highest BCUT2D eigenvalue weighted by Crippen LogP contribution is 2.44. The zero-order valence-corrected chi connectivity index (χ0v) is 14.5. The fraction of sp³-hybridized carbons (Fsp3) is 0. The predicted molar refractivity (Wildman–Crippen MR) is 92.5 cm³/mol. The number of hydrogen-bond acceptors (Lipinski definition) is 8. The summed E-state index contributed by atoms with van der Waals surface area (Å²) >= 11 is 0.905. The van der Waals surface area contributed by atoms with E-state index in [2.05, 4.69) is 0 Å². The van der Waals surface area contributed by atoms with Crippen LogP contribution in [0.2, 0.25) is 0 Å².